The Morgan fingerprint density at radius 3 is 2.34 bits per heavy atom. The highest BCUT2D eigenvalue weighted by Gasteiger charge is 2.22. The van der Waals surface area contributed by atoms with E-state index in [1.165, 1.54) is 43.3 Å². The molecule has 1 aliphatic heterocycles. The first-order chi connectivity index (χ1) is 18.2. The van der Waals surface area contributed by atoms with E-state index in [4.69, 9.17) is 14.2 Å². The van der Waals surface area contributed by atoms with Gasteiger partial charge in [-0.25, -0.2) is 13.2 Å². The van der Waals surface area contributed by atoms with Gasteiger partial charge in [0.2, 0.25) is 0 Å². The molecule has 0 bridgehead atoms. The van der Waals surface area contributed by atoms with Crippen molar-refractivity contribution >= 4 is 33.3 Å². The fourth-order valence-corrected chi connectivity index (χ4v) is 4.93. The van der Waals surface area contributed by atoms with Crippen LogP contribution in [0.1, 0.15) is 49.0 Å². The van der Waals surface area contributed by atoms with Crippen LogP contribution in [0.25, 0.3) is 0 Å². The molecule has 0 unspecified atom stereocenters. The first-order valence-electron chi connectivity index (χ1n) is 12.3. The predicted octanol–water partition coefficient (Wildman–Crippen LogP) is 4.96. The second-order valence-corrected chi connectivity index (χ2v) is 10.6. The molecule has 2 N–H and O–H groups in total. The fraction of sp³-hybridized carbons (Fsp3) is 0.286. The highest BCUT2D eigenvalue weighted by atomic mass is 32.2. The number of anilines is 2. The molecule has 2 atom stereocenters. The Balaban J connectivity index is 1.37. The number of benzene rings is 3. The first-order valence-corrected chi connectivity index (χ1v) is 13.8. The summed E-state index contributed by atoms with van der Waals surface area (Å²) in [4.78, 5) is 25.3. The van der Waals surface area contributed by atoms with Gasteiger partial charge in [-0.2, -0.15) is 0 Å². The Bertz CT molecular complexity index is 1420. The van der Waals surface area contributed by atoms with Crippen molar-refractivity contribution in [2.75, 3.05) is 23.3 Å². The van der Waals surface area contributed by atoms with Gasteiger partial charge >= 0.3 is 5.97 Å². The third-order valence-electron chi connectivity index (χ3n) is 6.21. The maximum Gasteiger partial charge on any atom is 0.338 e. The Kier molecular flexibility index (Phi) is 8.21. The van der Waals surface area contributed by atoms with Crippen LogP contribution in [0.15, 0.2) is 71.6 Å². The summed E-state index contributed by atoms with van der Waals surface area (Å²) >= 11 is 0. The van der Waals surface area contributed by atoms with Gasteiger partial charge in [-0.3, -0.25) is 9.52 Å². The summed E-state index contributed by atoms with van der Waals surface area (Å²) in [5.74, 6) is -0.0450. The van der Waals surface area contributed by atoms with Crippen molar-refractivity contribution in [1.29, 1.82) is 0 Å². The number of carbonyl (C=O) groups excluding carboxylic acids is 2. The van der Waals surface area contributed by atoms with Crippen LogP contribution < -0.4 is 19.5 Å². The number of ether oxygens (including phenoxy) is 3. The molecule has 1 amide bonds. The van der Waals surface area contributed by atoms with Crippen LogP contribution in [0.4, 0.5) is 11.4 Å². The second kappa shape index (κ2) is 11.6. The molecule has 0 aliphatic carbocycles. The molecule has 200 valence electrons. The largest absolute Gasteiger partial charge is 0.486 e. The van der Waals surface area contributed by atoms with Crippen LogP contribution in [0.3, 0.4) is 0 Å². The van der Waals surface area contributed by atoms with E-state index in [2.05, 4.69) is 23.9 Å². The minimum absolute atomic E-state index is 0.0139. The lowest BCUT2D eigenvalue weighted by molar-refractivity contribution is -0.123. The number of nitrogens with one attached hydrogen (secondary N) is 2. The van der Waals surface area contributed by atoms with Gasteiger partial charge in [0.15, 0.2) is 17.6 Å². The standard InChI is InChI=1S/C28H30N2O7S/c1-4-18(2)23-7-5-6-8-24(23)29-27(31)19(3)37-28(32)20-9-11-21(12-10-20)30-38(33,34)22-13-14-25-26(17-22)36-16-15-35-25/h5-14,17-19,30H,4,15-16H2,1-3H3,(H,29,31)/t18-,19+/m1/s1. The van der Waals surface area contributed by atoms with Crippen LogP contribution in [0, 0.1) is 0 Å². The van der Waals surface area contributed by atoms with Gasteiger partial charge in [0.05, 0.1) is 10.5 Å². The van der Waals surface area contributed by atoms with Crippen molar-refractivity contribution in [2.24, 2.45) is 0 Å². The molecule has 9 nitrogen and oxygen atoms in total. The van der Waals surface area contributed by atoms with E-state index in [0.717, 1.165) is 12.0 Å². The molecule has 3 aromatic rings. The number of esters is 1. The number of hydrogen-bond donors (Lipinski definition) is 2. The summed E-state index contributed by atoms with van der Waals surface area (Å²) in [6.07, 6.45) is -0.124. The molecule has 0 saturated heterocycles. The lowest BCUT2D eigenvalue weighted by Crippen LogP contribution is -2.30. The summed E-state index contributed by atoms with van der Waals surface area (Å²) in [6, 6.07) is 17.6. The molecule has 0 radical (unpaired) electrons. The third kappa shape index (κ3) is 6.25. The van der Waals surface area contributed by atoms with Crippen molar-refractivity contribution in [2.45, 2.75) is 44.1 Å². The van der Waals surface area contributed by atoms with Crippen LogP contribution in [-0.2, 0) is 19.6 Å². The lowest BCUT2D eigenvalue weighted by atomic mass is 9.97. The van der Waals surface area contributed by atoms with Gasteiger partial charge in [0.25, 0.3) is 15.9 Å². The zero-order valence-corrected chi connectivity index (χ0v) is 22.2. The van der Waals surface area contributed by atoms with Crippen molar-refractivity contribution in [3.8, 4) is 11.5 Å². The van der Waals surface area contributed by atoms with Gasteiger partial charge in [0, 0.05) is 17.4 Å². The average molecular weight is 539 g/mol. The topological polar surface area (TPSA) is 120 Å². The Morgan fingerprint density at radius 2 is 1.63 bits per heavy atom. The van der Waals surface area contributed by atoms with E-state index in [0.29, 0.717) is 30.4 Å². The van der Waals surface area contributed by atoms with Crippen molar-refractivity contribution in [3.05, 3.63) is 77.9 Å². The number of hydrogen-bond acceptors (Lipinski definition) is 7. The van der Waals surface area contributed by atoms with Crippen LogP contribution in [0.5, 0.6) is 11.5 Å². The maximum atomic E-state index is 12.8. The molecule has 38 heavy (non-hydrogen) atoms. The summed E-state index contributed by atoms with van der Waals surface area (Å²) < 4.78 is 44.3. The van der Waals surface area contributed by atoms with Crippen molar-refractivity contribution < 1.29 is 32.2 Å². The minimum atomic E-state index is -3.91. The van der Waals surface area contributed by atoms with E-state index in [9.17, 15) is 18.0 Å². The highest BCUT2D eigenvalue weighted by Crippen LogP contribution is 2.33. The summed E-state index contributed by atoms with van der Waals surface area (Å²) in [6.45, 7) is 6.39. The lowest BCUT2D eigenvalue weighted by Gasteiger charge is -2.19. The molecule has 0 saturated carbocycles. The zero-order valence-electron chi connectivity index (χ0n) is 21.4. The predicted molar refractivity (Wildman–Crippen MR) is 143 cm³/mol. The van der Waals surface area contributed by atoms with E-state index >= 15 is 0 Å². The fourth-order valence-electron chi connectivity index (χ4n) is 3.86. The number of para-hydroxylation sites is 1. The Hall–Kier alpha value is -4.05. The smallest absolute Gasteiger partial charge is 0.338 e. The first kappa shape index (κ1) is 27.0. The van der Waals surface area contributed by atoms with E-state index in [1.54, 1.807) is 6.07 Å². The number of sulfonamides is 1. The molecular formula is C28H30N2O7S. The van der Waals surface area contributed by atoms with Gasteiger partial charge in [-0.15, -0.1) is 0 Å². The van der Waals surface area contributed by atoms with E-state index < -0.39 is 28.0 Å². The van der Waals surface area contributed by atoms with Crippen LogP contribution in [-0.4, -0.2) is 39.6 Å². The minimum Gasteiger partial charge on any atom is -0.486 e. The van der Waals surface area contributed by atoms with Crippen LogP contribution in [0.2, 0.25) is 0 Å². The summed E-state index contributed by atoms with van der Waals surface area (Å²) in [5.41, 5.74) is 2.12. The monoisotopic (exact) mass is 538 g/mol. The molecule has 3 aromatic carbocycles. The maximum absolute atomic E-state index is 12.8. The normalized spacial score (nSPS) is 14.2. The third-order valence-corrected chi connectivity index (χ3v) is 7.59. The molecule has 4 rings (SSSR count). The van der Waals surface area contributed by atoms with Crippen molar-refractivity contribution in [1.82, 2.24) is 0 Å². The van der Waals surface area contributed by atoms with E-state index in [-0.39, 0.29) is 22.1 Å². The van der Waals surface area contributed by atoms with Crippen molar-refractivity contribution in [3.63, 3.8) is 0 Å². The summed E-state index contributed by atoms with van der Waals surface area (Å²) in [7, 11) is -3.91. The average Bonchev–Trinajstić information content (AvgIpc) is 2.92. The SMILES string of the molecule is CC[C@@H](C)c1ccccc1NC(=O)[C@H](C)OC(=O)c1ccc(NS(=O)(=O)c2ccc3c(c2)OCCO3)cc1. The molecule has 1 heterocycles. The molecule has 0 fully saturated rings. The van der Waals surface area contributed by atoms with Gasteiger partial charge in [-0.05, 0) is 67.3 Å². The molecule has 0 aromatic heterocycles. The van der Waals surface area contributed by atoms with Crippen LogP contribution >= 0.6 is 0 Å². The Morgan fingerprint density at radius 1 is 0.947 bits per heavy atom. The summed E-state index contributed by atoms with van der Waals surface area (Å²) in [5, 5.41) is 2.84. The molecule has 10 heteroatoms. The Labute approximate surface area is 222 Å². The van der Waals surface area contributed by atoms with Gasteiger partial charge < -0.3 is 19.5 Å². The molecule has 1 aliphatic rings. The number of rotatable bonds is 9. The quantitative estimate of drug-likeness (QED) is 0.370. The number of amides is 1. The van der Waals surface area contributed by atoms with Gasteiger partial charge in [-0.1, -0.05) is 32.0 Å². The molecule has 0 spiro atoms. The number of fused-ring (bicyclic) bond motifs is 1. The number of carbonyl (C=O) groups is 2. The highest BCUT2D eigenvalue weighted by molar-refractivity contribution is 7.92. The molecular weight excluding hydrogens is 508 g/mol. The zero-order chi connectivity index (χ0) is 27.3. The second-order valence-electron chi connectivity index (χ2n) is 8.92. The van der Waals surface area contributed by atoms with Gasteiger partial charge in [0.1, 0.15) is 13.2 Å². The van der Waals surface area contributed by atoms with E-state index in [1.807, 2.05) is 24.3 Å².